The molecule has 3 N–H and O–H groups in total. The lowest BCUT2D eigenvalue weighted by molar-refractivity contribution is -0.112. The van der Waals surface area contributed by atoms with E-state index in [0.29, 0.717) is 21.4 Å². The van der Waals surface area contributed by atoms with Gasteiger partial charge < -0.3 is 16.0 Å². The van der Waals surface area contributed by atoms with E-state index in [2.05, 4.69) is 5.32 Å². The molecule has 3 rings (SSSR count). The van der Waals surface area contributed by atoms with Crippen molar-refractivity contribution in [3.63, 3.8) is 0 Å². The van der Waals surface area contributed by atoms with Crippen molar-refractivity contribution in [3.05, 3.63) is 94.6 Å². The molecule has 0 unspecified atom stereocenters. The van der Waals surface area contributed by atoms with E-state index in [-0.39, 0.29) is 5.57 Å². The van der Waals surface area contributed by atoms with Crippen LogP contribution < -0.4 is 16.0 Å². The zero-order valence-electron chi connectivity index (χ0n) is 15.1. The highest BCUT2D eigenvalue weighted by Gasteiger charge is 2.15. The number of hydrogen-bond acceptors (Lipinski definition) is 4. The van der Waals surface area contributed by atoms with Gasteiger partial charge in [0.1, 0.15) is 11.6 Å². The first-order chi connectivity index (χ1) is 14.0. The third-order valence-corrected chi connectivity index (χ3v) is 4.57. The molecule has 0 heterocycles. The number of hydrogen-bond donors (Lipinski definition) is 2. The van der Waals surface area contributed by atoms with E-state index < -0.39 is 5.91 Å². The Morgan fingerprint density at radius 2 is 1.66 bits per heavy atom. The second kappa shape index (κ2) is 9.16. The maximum absolute atomic E-state index is 12.7. The van der Waals surface area contributed by atoms with Crippen molar-refractivity contribution in [3.8, 4) is 6.07 Å². The van der Waals surface area contributed by atoms with E-state index in [9.17, 15) is 10.1 Å². The van der Waals surface area contributed by atoms with E-state index >= 15 is 0 Å². The van der Waals surface area contributed by atoms with Crippen LogP contribution in [0.5, 0.6) is 0 Å². The Bertz CT molecular complexity index is 1090. The standard InChI is InChI=1S/C22H16Cl2N4O/c23-16-6-11-20(24)21(12-16)27-22(29)15(13-25)14-28(18-4-2-1-3-5-18)19-9-7-17(26)8-10-19/h1-12,14H,26H2,(H,27,29)/b15-14-. The number of nitrogens with one attached hydrogen (secondary N) is 1. The summed E-state index contributed by atoms with van der Waals surface area (Å²) in [5.41, 5.74) is 8.12. The van der Waals surface area contributed by atoms with E-state index in [0.717, 1.165) is 11.4 Å². The SMILES string of the molecule is N#C/C(=C/N(c1ccccc1)c1ccc(N)cc1)C(=O)Nc1cc(Cl)ccc1Cl. The van der Waals surface area contributed by atoms with E-state index in [1.54, 1.807) is 41.3 Å². The van der Waals surface area contributed by atoms with Crippen molar-refractivity contribution < 1.29 is 4.79 Å². The number of nitrogens with two attached hydrogens (primary N) is 1. The molecule has 0 spiro atoms. The van der Waals surface area contributed by atoms with Gasteiger partial charge in [0.05, 0.1) is 10.7 Å². The fourth-order valence-corrected chi connectivity index (χ4v) is 2.91. The van der Waals surface area contributed by atoms with Crippen molar-refractivity contribution in [1.29, 1.82) is 5.26 Å². The number of nitrogen functional groups attached to an aromatic ring is 1. The number of para-hydroxylation sites is 1. The summed E-state index contributed by atoms with van der Waals surface area (Å²) in [6, 6.07) is 23.1. The predicted octanol–water partition coefficient (Wildman–Crippen LogP) is 5.76. The van der Waals surface area contributed by atoms with E-state index in [1.165, 1.54) is 12.3 Å². The average molecular weight is 423 g/mol. The second-order valence-corrected chi connectivity index (χ2v) is 6.87. The summed E-state index contributed by atoms with van der Waals surface area (Å²) in [5.74, 6) is -0.604. The summed E-state index contributed by atoms with van der Waals surface area (Å²) in [7, 11) is 0. The van der Waals surface area contributed by atoms with Gasteiger partial charge in [-0.05, 0) is 54.6 Å². The molecular formula is C22H16Cl2N4O. The number of carbonyl (C=O) groups excluding carboxylic acids is 1. The second-order valence-electron chi connectivity index (χ2n) is 6.03. The van der Waals surface area contributed by atoms with Crippen LogP contribution in [0.1, 0.15) is 0 Å². The van der Waals surface area contributed by atoms with Gasteiger partial charge in [0.2, 0.25) is 0 Å². The van der Waals surface area contributed by atoms with Crippen LogP contribution in [-0.2, 0) is 4.79 Å². The Balaban J connectivity index is 1.98. The van der Waals surface area contributed by atoms with Gasteiger partial charge in [-0.15, -0.1) is 0 Å². The Labute approximate surface area is 178 Å². The van der Waals surface area contributed by atoms with Crippen molar-refractivity contribution in [2.24, 2.45) is 0 Å². The van der Waals surface area contributed by atoms with Gasteiger partial charge in [0.15, 0.2) is 0 Å². The van der Waals surface area contributed by atoms with E-state index in [4.69, 9.17) is 28.9 Å². The summed E-state index contributed by atoms with van der Waals surface area (Å²) >= 11 is 12.1. The van der Waals surface area contributed by atoms with E-state index in [1.807, 2.05) is 36.4 Å². The Hall–Kier alpha value is -3.46. The van der Waals surface area contributed by atoms with Gasteiger partial charge in [-0.3, -0.25) is 4.79 Å². The minimum Gasteiger partial charge on any atom is -0.399 e. The number of halogens is 2. The van der Waals surface area contributed by atoms with Gasteiger partial charge in [0.25, 0.3) is 5.91 Å². The molecule has 3 aromatic carbocycles. The molecule has 0 aromatic heterocycles. The van der Waals surface area contributed by atoms with Crippen LogP contribution in [0.3, 0.4) is 0 Å². The Kier molecular flexibility index (Phi) is 6.40. The summed E-state index contributed by atoms with van der Waals surface area (Å²) in [6.45, 7) is 0. The number of carbonyl (C=O) groups is 1. The highest BCUT2D eigenvalue weighted by Crippen LogP contribution is 2.28. The highest BCUT2D eigenvalue weighted by atomic mass is 35.5. The van der Waals surface area contributed by atoms with Gasteiger partial charge in [0, 0.05) is 28.3 Å². The van der Waals surface area contributed by atoms with Crippen LogP contribution in [0, 0.1) is 11.3 Å². The average Bonchev–Trinajstić information content (AvgIpc) is 2.73. The van der Waals surface area contributed by atoms with Crippen LogP contribution in [-0.4, -0.2) is 5.91 Å². The zero-order chi connectivity index (χ0) is 20.8. The van der Waals surface area contributed by atoms with Crippen molar-refractivity contribution >= 4 is 51.9 Å². The Morgan fingerprint density at radius 3 is 2.31 bits per heavy atom. The van der Waals surface area contributed by atoms with Crippen molar-refractivity contribution in [1.82, 2.24) is 0 Å². The first kappa shape index (κ1) is 20.3. The summed E-state index contributed by atoms with van der Waals surface area (Å²) in [5, 5.41) is 13.0. The number of nitrogens with zero attached hydrogens (tertiary/aromatic N) is 2. The minimum absolute atomic E-state index is 0.110. The van der Waals surface area contributed by atoms with Gasteiger partial charge in [-0.2, -0.15) is 5.26 Å². The monoisotopic (exact) mass is 422 g/mol. The third kappa shape index (κ3) is 5.08. The molecule has 3 aromatic rings. The van der Waals surface area contributed by atoms with Crippen LogP contribution in [0.15, 0.2) is 84.6 Å². The lowest BCUT2D eigenvalue weighted by Gasteiger charge is -2.21. The van der Waals surface area contributed by atoms with Crippen molar-refractivity contribution in [2.45, 2.75) is 0 Å². The summed E-state index contributed by atoms with van der Waals surface area (Å²) in [6.07, 6.45) is 1.47. The number of amides is 1. The van der Waals surface area contributed by atoms with Crippen LogP contribution in [0.4, 0.5) is 22.7 Å². The molecule has 0 aliphatic rings. The molecule has 0 bridgehead atoms. The largest absolute Gasteiger partial charge is 0.399 e. The molecule has 1 amide bonds. The zero-order valence-corrected chi connectivity index (χ0v) is 16.7. The Morgan fingerprint density at radius 1 is 1.00 bits per heavy atom. The normalized spacial score (nSPS) is 10.9. The predicted molar refractivity (Wildman–Crippen MR) is 118 cm³/mol. The summed E-state index contributed by atoms with van der Waals surface area (Å²) in [4.78, 5) is 14.4. The minimum atomic E-state index is -0.604. The van der Waals surface area contributed by atoms with Crippen LogP contribution >= 0.6 is 23.2 Å². The maximum atomic E-state index is 12.7. The molecule has 5 nitrogen and oxygen atoms in total. The highest BCUT2D eigenvalue weighted by molar-refractivity contribution is 6.36. The number of benzene rings is 3. The number of anilines is 4. The quantitative estimate of drug-likeness (QED) is 0.311. The molecule has 0 saturated carbocycles. The van der Waals surface area contributed by atoms with Gasteiger partial charge in [-0.1, -0.05) is 41.4 Å². The molecule has 0 aliphatic carbocycles. The third-order valence-electron chi connectivity index (χ3n) is 4.01. The number of rotatable bonds is 5. The lowest BCUT2D eigenvalue weighted by Crippen LogP contribution is -2.18. The van der Waals surface area contributed by atoms with Crippen LogP contribution in [0.25, 0.3) is 0 Å². The lowest BCUT2D eigenvalue weighted by atomic mass is 10.2. The maximum Gasteiger partial charge on any atom is 0.267 e. The molecule has 7 heteroatoms. The first-order valence-corrected chi connectivity index (χ1v) is 9.31. The number of nitriles is 1. The molecule has 0 atom stereocenters. The fraction of sp³-hybridized carbons (Fsp3) is 0. The topological polar surface area (TPSA) is 82.2 Å². The van der Waals surface area contributed by atoms with Crippen LogP contribution in [0.2, 0.25) is 10.0 Å². The molecule has 0 aliphatic heterocycles. The summed E-state index contributed by atoms with van der Waals surface area (Å²) < 4.78 is 0. The molecule has 0 saturated heterocycles. The van der Waals surface area contributed by atoms with Gasteiger partial charge >= 0.3 is 0 Å². The first-order valence-electron chi connectivity index (χ1n) is 8.56. The molecule has 0 radical (unpaired) electrons. The molecule has 0 fully saturated rings. The van der Waals surface area contributed by atoms with Crippen molar-refractivity contribution in [2.75, 3.05) is 16.0 Å². The molecule has 144 valence electrons. The fourth-order valence-electron chi connectivity index (χ4n) is 2.57. The smallest absolute Gasteiger partial charge is 0.267 e. The molecular weight excluding hydrogens is 407 g/mol. The van der Waals surface area contributed by atoms with Gasteiger partial charge in [-0.25, -0.2) is 0 Å². The molecule has 29 heavy (non-hydrogen) atoms.